The average Bonchev–Trinajstić information content (AvgIpc) is 2.64. The molecule has 2 heterocycles. The molecule has 0 amide bonds. The Labute approximate surface area is 87.1 Å². The molecule has 0 saturated carbocycles. The fraction of sp³-hybridized carbons (Fsp3) is 0.444. The van der Waals surface area contributed by atoms with E-state index < -0.39 is 5.54 Å². The maximum absolute atomic E-state index is 6.07. The molecule has 1 unspecified atom stereocenters. The first kappa shape index (κ1) is 9.85. The van der Waals surface area contributed by atoms with Crippen molar-refractivity contribution in [3.05, 3.63) is 12.2 Å². The van der Waals surface area contributed by atoms with Crippen molar-refractivity contribution in [3.63, 3.8) is 0 Å². The fourth-order valence-corrected chi connectivity index (χ4v) is 1.28. The van der Waals surface area contributed by atoms with Crippen LogP contribution >= 0.6 is 0 Å². The molecule has 1 atom stereocenters. The topological polar surface area (TPSA) is 106 Å². The summed E-state index contributed by atoms with van der Waals surface area (Å²) in [5, 5.41) is 0. The van der Waals surface area contributed by atoms with Gasteiger partial charge in [0, 0.05) is 0 Å². The number of H-pyrrole nitrogens is 1. The van der Waals surface area contributed by atoms with Gasteiger partial charge < -0.3 is 16.5 Å². The van der Waals surface area contributed by atoms with E-state index in [1.807, 2.05) is 13.8 Å². The lowest BCUT2D eigenvalue weighted by Gasteiger charge is -2.18. The van der Waals surface area contributed by atoms with E-state index >= 15 is 0 Å². The lowest BCUT2D eigenvalue weighted by Crippen LogP contribution is -2.33. The zero-order chi connectivity index (χ0) is 11.1. The first-order chi connectivity index (χ1) is 7.04. The Morgan fingerprint density at radius 2 is 2.20 bits per heavy atom. The minimum absolute atomic E-state index is 0.394. The number of nitrogens with zero attached hydrogens (tertiary/aromatic N) is 3. The molecule has 6 heteroatoms. The Bertz CT molecular complexity index is 486. The quantitative estimate of drug-likeness (QED) is 0.664. The zero-order valence-corrected chi connectivity index (χ0v) is 8.78. The van der Waals surface area contributed by atoms with Crippen molar-refractivity contribution in [1.29, 1.82) is 0 Å². The second-order valence-corrected chi connectivity index (χ2v) is 3.81. The van der Waals surface area contributed by atoms with Crippen molar-refractivity contribution in [2.45, 2.75) is 25.8 Å². The number of nitrogens with two attached hydrogens (primary N) is 2. The number of hydrogen-bond donors (Lipinski definition) is 3. The molecule has 0 aliphatic heterocycles. The Kier molecular flexibility index (Phi) is 2.08. The van der Waals surface area contributed by atoms with Crippen LogP contribution in [0.25, 0.3) is 11.2 Å². The number of nitrogens with one attached hydrogen (secondary N) is 1. The summed E-state index contributed by atoms with van der Waals surface area (Å²) < 4.78 is 0. The molecule has 80 valence electrons. The minimum Gasteiger partial charge on any atom is -0.382 e. The first-order valence-electron chi connectivity index (χ1n) is 4.80. The van der Waals surface area contributed by atoms with E-state index in [0.29, 0.717) is 22.8 Å². The van der Waals surface area contributed by atoms with Crippen molar-refractivity contribution in [2.75, 3.05) is 5.73 Å². The van der Waals surface area contributed by atoms with Gasteiger partial charge in [-0.15, -0.1) is 0 Å². The van der Waals surface area contributed by atoms with Crippen molar-refractivity contribution in [1.82, 2.24) is 19.9 Å². The summed E-state index contributed by atoms with van der Waals surface area (Å²) in [6, 6.07) is 0. The molecule has 0 spiro atoms. The van der Waals surface area contributed by atoms with Gasteiger partial charge in [-0.25, -0.2) is 15.0 Å². The molecule has 2 rings (SSSR count). The van der Waals surface area contributed by atoms with E-state index in [0.717, 1.165) is 6.42 Å². The molecule has 0 radical (unpaired) electrons. The van der Waals surface area contributed by atoms with Gasteiger partial charge in [-0.2, -0.15) is 0 Å². The summed E-state index contributed by atoms with van der Waals surface area (Å²) in [5.74, 6) is 1.08. The number of aromatic nitrogens is 4. The molecular weight excluding hydrogens is 192 g/mol. The molecule has 0 aromatic carbocycles. The lowest BCUT2D eigenvalue weighted by atomic mass is 10.0. The van der Waals surface area contributed by atoms with E-state index in [-0.39, 0.29) is 0 Å². The molecule has 0 aliphatic rings. The summed E-state index contributed by atoms with van der Waals surface area (Å²) in [6.07, 6.45) is 2.17. The number of imidazole rings is 1. The van der Waals surface area contributed by atoms with Crippen LogP contribution in [0.15, 0.2) is 6.33 Å². The third-order valence-electron chi connectivity index (χ3n) is 2.59. The van der Waals surface area contributed by atoms with Crippen molar-refractivity contribution >= 4 is 17.0 Å². The summed E-state index contributed by atoms with van der Waals surface area (Å²) in [7, 11) is 0. The average molecular weight is 206 g/mol. The monoisotopic (exact) mass is 206 g/mol. The third-order valence-corrected chi connectivity index (χ3v) is 2.59. The number of hydrogen-bond acceptors (Lipinski definition) is 5. The largest absolute Gasteiger partial charge is 0.382 e. The number of nitrogen functional groups attached to an aromatic ring is 1. The molecule has 5 N–H and O–H groups in total. The van der Waals surface area contributed by atoms with Crippen LogP contribution in [0, 0.1) is 0 Å². The lowest BCUT2D eigenvalue weighted by molar-refractivity contribution is 0.451. The van der Waals surface area contributed by atoms with Crippen LogP contribution in [-0.2, 0) is 5.54 Å². The van der Waals surface area contributed by atoms with Crippen LogP contribution < -0.4 is 11.5 Å². The SMILES string of the molecule is CCC(C)(N)c1nc2ncnc(N)c2[nH]1. The van der Waals surface area contributed by atoms with Gasteiger partial charge in [0.2, 0.25) is 0 Å². The highest BCUT2D eigenvalue weighted by Gasteiger charge is 2.23. The summed E-state index contributed by atoms with van der Waals surface area (Å²) in [6.45, 7) is 3.91. The van der Waals surface area contributed by atoms with Crippen LogP contribution in [0.4, 0.5) is 5.82 Å². The van der Waals surface area contributed by atoms with E-state index in [1.165, 1.54) is 6.33 Å². The Hall–Kier alpha value is -1.69. The van der Waals surface area contributed by atoms with Gasteiger partial charge in [-0.05, 0) is 13.3 Å². The van der Waals surface area contributed by atoms with Gasteiger partial charge in [0.1, 0.15) is 17.7 Å². The van der Waals surface area contributed by atoms with Crippen LogP contribution in [0.1, 0.15) is 26.1 Å². The van der Waals surface area contributed by atoms with Gasteiger partial charge in [0.25, 0.3) is 0 Å². The minimum atomic E-state index is -0.493. The molecule has 0 aliphatic carbocycles. The number of anilines is 1. The maximum Gasteiger partial charge on any atom is 0.183 e. The summed E-state index contributed by atoms with van der Waals surface area (Å²) in [4.78, 5) is 15.3. The number of fused-ring (bicyclic) bond motifs is 1. The van der Waals surface area contributed by atoms with E-state index in [9.17, 15) is 0 Å². The van der Waals surface area contributed by atoms with Crippen LogP contribution in [0.5, 0.6) is 0 Å². The van der Waals surface area contributed by atoms with Crippen LogP contribution in [0.2, 0.25) is 0 Å². The van der Waals surface area contributed by atoms with Crippen molar-refractivity contribution in [2.24, 2.45) is 5.73 Å². The highest BCUT2D eigenvalue weighted by molar-refractivity contribution is 5.81. The van der Waals surface area contributed by atoms with Crippen LogP contribution in [0.3, 0.4) is 0 Å². The molecule has 0 bridgehead atoms. The van der Waals surface area contributed by atoms with Gasteiger partial charge in [0.15, 0.2) is 11.5 Å². The van der Waals surface area contributed by atoms with Gasteiger partial charge in [-0.1, -0.05) is 6.92 Å². The molecule has 0 fully saturated rings. The second kappa shape index (κ2) is 3.16. The second-order valence-electron chi connectivity index (χ2n) is 3.81. The van der Waals surface area contributed by atoms with Gasteiger partial charge in [0.05, 0.1) is 5.54 Å². The van der Waals surface area contributed by atoms with Gasteiger partial charge >= 0.3 is 0 Å². The molecule has 2 aromatic heterocycles. The summed E-state index contributed by atoms with van der Waals surface area (Å²) >= 11 is 0. The molecule has 6 nitrogen and oxygen atoms in total. The standard InChI is InChI=1S/C9H14N6/c1-3-9(2,11)8-14-5-6(10)12-4-13-7(5)15-8/h4H,3,11H2,1-2H3,(H3,10,12,13,14,15). The Balaban J connectivity index is 2.62. The predicted molar refractivity (Wildman–Crippen MR) is 57.9 cm³/mol. The van der Waals surface area contributed by atoms with E-state index in [4.69, 9.17) is 11.5 Å². The molecule has 0 saturated heterocycles. The molecular formula is C9H14N6. The summed E-state index contributed by atoms with van der Waals surface area (Å²) in [5.41, 5.74) is 12.5. The fourth-order valence-electron chi connectivity index (χ4n) is 1.28. The third kappa shape index (κ3) is 1.52. The normalized spacial score (nSPS) is 15.4. The molecule has 2 aromatic rings. The van der Waals surface area contributed by atoms with Crippen LogP contribution in [-0.4, -0.2) is 19.9 Å². The van der Waals surface area contributed by atoms with Gasteiger partial charge in [-0.3, -0.25) is 0 Å². The Morgan fingerprint density at radius 3 is 2.80 bits per heavy atom. The number of rotatable bonds is 2. The predicted octanol–water partition coefficient (Wildman–Crippen LogP) is 0.519. The maximum atomic E-state index is 6.07. The number of aromatic amines is 1. The van der Waals surface area contributed by atoms with Crippen molar-refractivity contribution < 1.29 is 0 Å². The van der Waals surface area contributed by atoms with Crippen molar-refractivity contribution in [3.8, 4) is 0 Å². The zero-order valence-electron chi connectivity index (χ0n) is 8.78. The van der Waals surface area contributed by atoms with E-state index in [2.05, 4.69) is 19.9 Å². The highest BCUT2D eigenvalue weighted by Crippen LogP contribution is 2.22. The highest BCUT2D eigenvalue weighted by atomic mass is 15.1. The Morgan fingerprint density at radius 1 is 1.47 bits per heavy atom. The molecule has 15 heavy (non-hydrogen) atoms. The first-order valence-corrected chi connectivity index (χ1v) is 4.80. The van der Waals surface area contributed by atoms with E-state index in [1.54, 1.807) is 0 Å². The smallest absolute Gasteiger partial charge is 0.183 e.